The Morgan fingerprint density at radius 2 is 1.95 bits per heavy atom. The molecular formula is C12H15NO6S. The van der Waals surface area contributed by atoms with Gasteiger partial charge in [-0.05, 0) is 31.5 Å². The maximum atomic E-state index is 11.8. The van der Waals surface area contributed by atoms with Crippen molar-refractivity contribution in [1.29, 1.82) is 0 Å². The zero-order valence-corrected chi connectivity index (χ0v) is 11.8. The van der Waals surface area contributed by atoms with E-state index < -0.39 is 27.3 Å². The van der Waals surface area contributed by atoms with Gasteiger partial charge in [-0.25, -0.2) is 13.1 Å². The Labute approximate surface area is 116 Å². The van der Waals surface area contributed by atoms with E-state index in [1.165, 1.54) is 0 Å². The molecule has 2 N–H and O–H groups in total. The average Bonchev–Trinajstić information content (AvgIpc) is 2.84. The van der Waals surface area contributed by atoms with E-state index >= 15 is 0 Å². The summed E-state index contributed by atoms with van der Waals surface area (Å²) in [6.07, 6.45) is 0. The van der Waals surface area contributed by atoms with E-state index in [-0.39, 0.29) is 6.79 Å². The van der Waals surface area contributed by atoms with Gasteiger partial charge in [-0.3, -0.25) is 4.79 Å². The van der Waals surface area contributed by atoms with E-state index in [0.29, 0.717) is 17.1 Å². The van der Waals surface area contributed by atoms with Gasteiger partial charge in [-0.2, -0.15) is 0 Å². The number of carbonyl (C=O) groups is 1. The fraction of sp³-hybridized carbons (Fsp3) is 0.417. The van der Waals surface area contributed by atoms with Crippen LogP contribution in [0.4, 0.5) is 0 Å². The summed E-state index contributed by atoms with van der Waals surface area (Å²) in [7, 11) is -3.94. The van der Waals surface area contributed by atoms with Crippen molar-refractivity contribution in [3.05, 3.63) is 23.8 Å². The molecule has 0 aliphatic carbocycles. The van der Waals surface area contributed by atoms with Crippen molar-refractivity contribution in [3.63, 3.8) is 0 Å². The molecule has 2 rings (SSSR count). The summed E-state index contributed by atoms with van der Waals surface area (Å²) in [4.78, 5) is 10.8. The van der Waals surface area contributed by atoms with E-state index in [0.717, 1.165) is 6.92 Å². The molecular weight excluding hydrogens is 286 g/mol. The fourth-order valence-corrected chi connectivity index (χ4v) is 2.83. The molecule has 7 nitrogen and oxygen atoms in total. The van der Waals surface area contributed by atoms with Crippen LogP contribution in [-0.4, -0.2) is 31.5 Å². The number of sulfonamides is 1. The zero-order chi connectivity index (χ0) is 14.9. The molecule has 0 radical (unpaired) electrons. The second-order valence-electron chi connectivity index (χ2n) is 4.48. The second-order valence-corrected chi connectivity index (χ2v) is 6.51. The molecule has 0 fully saturated rings. The third kappa shape index (κ3) is 2.86. The first-order valence-electron chi connectivity index (χ1n) is 5.95. The Hall–Kier alpha value is -1.80. The van der Waals surface area contributed by atoms with Gasteiger partial charge in [0.1, 0.15) is 0 Å². The van der Waals surface area contributed by atoms with E-state index in [1.807, 2.05) is 0 Å². The van der Waals surface area contributed by atoms with E-state index in [2.05, 4.69) is 4.72 Å². The van der Waals surface area contributed by atoms with Crippen molar-refractivity contribution < 1.29 is 27.8 Å². The summed E-state index contributed by atoms with van der Waals surface area (Å²) in [6, 6.07) is 4.48. The standard InChI is InChI=1S/C12H15NO6S/c1-7(13-20(16,17)8(2)12(14)15)9-3-4-10-11(5-9)19-6-18-10/h3-5,7-8,13H,6H2,1-2H3,(H,14,15). The molecule has 1 aromatic carbocycles. The second kappa shape index (κ2) is 5.29. The summed E-state index contributed by atoms with van der Waals surface area (Å²) in [5, 5.41) is 7.26. The molecule has 2 unspecified atom stereocenters. The first kappa shape index (κ1) is 14.6. The molecule has 20 heavy (non-hydrogen) atoms. The highest BCUT2D eigenvalue weighted by Crippen LogP contribution is 2.34. The zero-order valence-electron chi connectivity index (χ0n) is 11.0. The lowest BCUT2D eigenvalue weighted by Gasteiger charge is -2.17. The SMILES string of the molecule is CC(NS(=O)(=O)C(C)C(=O)O)c1ccc2c(c1)OCO2. The molecule has 110 valence electrons. The first-order valence-corrected chi connectivity index (χ1v) is 7.49. The first-order chi connectivity index (χ1) is 9.31. The molecule has 0 saturated heterocycles. The van der Waals surface area contributed by atoms with Crippen LogP contribution in [0.1, 0.15) is 25.5 Å². The highest BCUT2D eigenvalue weighted by atomic mass is 32.2. The van der Waals surface area contributed by atoms with Gasteiger partial charge in [0.05, 0.1) is 0 Å². The number of nitrogens with one attached hydrogen (secondary N) is 1. The van der Waals surface area contributed by atoms with Crippen molar-refractivity contribution in [2.75, 3.05) is 6.79 Å². The lowest BCUT2D eigenvalue weighted by atomic mass is 10.1. The Morgan fingerprint density at radius 3 is 2.60 bits per heavy atom. The monoisotopic (exact) mass is 301 g/mol. The Bertz CT molecular complexity index is 627. The molecule has 8 heteroatoms. The molecule has 1 aromatic rings. The highest BCUT2D eigenvalue weighted by molar-refractivity contribution is 7.90. The van der Waals surface area contributed by atoms with Crippen molar-refractivity contribution in [3.8, 4) is 11.5 Å². The van der Waals surface area contributed by atoms with Crippen LogP contribution in [0.25, 0.3) is 0 Å². The molecule has 0 saturated carbocycles. The van der Waals surface area contributed by atoms with Crippen LogP contribution in [0.2, 0.25) is 0 Å². The van der Waals surface area contributed by atoms with E-state index in [4.69, 9.17) is 14.6 Å². The number of benzene rings is 1. The Morgan fingerprint density at radius 1 is 1.30 bits per heavy atom. The molecule has 1 aliphatic heterocycles. The van der Waals surface area contributed by atoms with Crippen LogP contribution in [0, 0.1) is 0 Å². The third-order valence-electron chi connectivity index (χ3n) is 3.05. The third-order valence-corrected chi connectivity index (χ3v) is 4.87. The predicted octanol–water partition coefficient (Wildman–Crippen LogP) is 0.869. The number of hydrogen-bond donors (Lipinski definition) is 2. The number of carboxylic acid groups (broad SMARTS) is 1. The summed E-state index contributed by atoms with van der Waals surface area (Å²) in [5.74, 6) is -0.252. The predicted molar refractivity (Wildman–Crippen MR) is 70.1 cm³/mol. The molecule has 0 bridgehead atoms. The summed E-state index contributed by atoms with van der Waals surface area (Å²) in [6.45, 7) is 2.88. The van der Waals surface area contributed by atoms with Crippen molar-refractivity contribution in [2.24, 2.45) is 0 Å². The molecule has 0 aromatic heterocycles. The molecule has 1 aliphatic rings. The minimum Gasteiger partial charge on any atom is -0.480 e. The van der Waals surface area contributed by atoms with Gasteiger partial charge in [-0.1, -0.05) is 6.07 Å². The van der Waals surface area contributed by atoms with Gasteiger partial charge in [0, 0.05) is 6.04 Å². The topological polar surface area (TPSA) is 102 Å². The average molecular weight is 301 g/mol. The normalized spacial score (nSPS) is 16.7. The molecule has 0 spiro atoms. The van der Waals surface area contributed by atoms with Crippen LogP contribution in [0.3, 0.4) is 0 Å². The number of rotatable bonds is 5. The highest BCUT2D eigenvalue weighted by Gasteiger charge is 2.29. The molecule has 1 heterocycles. The van der Waals surface area contributed by atoms with Crippen molar-refractivity contribution in [2.45, 2.75) is 25.1 Å². The van der Waals surface area contributed by atoms with Crippen LogP contribution < -0.4 is 14.2 Å². The summed E-state index contributed by atoms with van der Waals surface area (Å²) in [5.41, 5.74) is 0.662. The minimum atomic E-state index is -3.94. The van der Waals surface area contributed by atoms with Gasteiger partial charge in [0.25, 0.3) is 0 Å². The number of fused-ring (bicyclic) bond motifs is 1. The summed E-state index contributed by atoms with van der Waals surface area (Å²) >= 11 is 0. The lowest BCUT2D eigenvalue weighted by molar-refractivity contribution is -0.136. The van der Waals surface area contributed by atoms with E-state index in [1.54, 1.807) is 25.1 Å². The fourth-order valence-electron chi connectivity index (χ4n) is 1.73. The van der Waals surface area contributed by atoms with Gasteiger partial charge >= 0.3 is 5.97 Å². The largest absolute Gasteiger partial charge is 0.480 e. The Kier molecular flexibility index (Phi) is 3.87. The van der Waals surface area contributed by atoms with Crippen LogP contribution in [0.5, 0.6) is 11.5 Å². The van der Waals surface area contributed by atoms with Crippen LogP contribution in [0.15, 0.2) is 18.2 Å². The minimum absolute atomic E-state index is 0.134. The summed E-state index contributed by atoms with van der Waals surface area (Å²) < 4.78 is 36.4. The smallest absolute Gasteiger partial charge is 0.323 e. The van der Waals surface area contributed by atoms with E-state index in [9.17, 15) is 13.2 Å². The van der Waals surface area contributed by atoms with Gasteiger partial charge in [0.15, 0.2) is 16.7 Å². The lowest BCUT2D eigenvalue weighted by Crippen LogP contribution is -2.38. The number of carboxylic acids is 1. The van der Waals surface area contributed by atoms with Gasteiger partial charge in [0.2, 0.25) is 16.8 Å². The number of hydrogen-bond acceptors (Lipinski definition) is 5. The van der Waals surface area contributed by atoms with Gasteiger partial charge in [-0.15, -0.1) is 0 Å². The van der Waals surface area contributed by atoms with Crippen molar-refractivity contribution >= 4 is 16.0 Å². The number of aliphatic carboxylic acids is 1. The maximum Gasteiger partial charge on any atom is 0.323 e. The van der Waals surface area contributed by atoms with Crippen LogP contribution >= 0.6 is 0 Å². The van der Waals surface area contributed by atoms with Crippen molar-refractivity contribution in [1.82, 2.24) is 4.72 Å². The van der Waals surface area contributed by atoms with Gasteiger partial charge < -0.3 is 14.6 Å². The Balaban J connectivity index is 2.16. The number of ether oxygens (including phenoxy) is 2. The molecule has 2 atom stereocenters. The maximum absolute atomic E-state index is 11.8. The quantitative estimate of drug-likeness (QED) is 0.836. The molecule has 0 amide bonds. The van der Waals surface area contributed by atoms with Crippen LogP contribution in [-0.2, 0) is 14.8 Å².